The van der Waals surface area contributed by atoms with Crippen LogP contribution in [0.25, 0.3) is 0 Å². The summed E-state index contributed by atoms with van der Waals surface area (Å²) in [6, 6.07) is 0.308. The first-order valence-corrected chi connectivity index (χ1v) is 6.59. The molecule has 1 saturated heterocycles. The fraction of sp³-hybridized carbons (Fsp3) is 0.692. The number of aryl methyl sites for hydroxylation is 2. The molecule has 1 N–H and O–H groups in total. The van der Waals surface area contributed by atoms with Gasteiger partial charge in [0.2, 0.25) is 0 Å². The highest BCUT2D eigenvalue weighted by atomic mass is 16.1. The van der Waals surface area contributed by atoms with Crippen LogP contribution in [0.5, 0.6) is 0 Å². The van der Waals surface area contributed by atoms with E-state index in [9.17, 15) is 4.79 Å². The van der Waals surface area contributed by atoms with Crippen LogP contribution in [0.2, 0.25) is 0 Å². The van der Waals surface area contributed by atoms with Crippen molar-refractivity contribution in [2.45, 2.75) is 45.1 Å². The van der Waals surface area contributed by atoms with Crippen molar-refractivity contribution in [3.05, 3.63) is 27.4 Å². The molecule has 0 spiro atoms. The number of nitrogens with zero attached hydrogens (tertiary/aromatic N) is 2. The summed E-state index contributed by atoms with van der Waals surface area (Å²) in [5.41, 5.74) is 2.26. The first-order chi connectivity index (χ1) is 8.27. The van der Waals surface area contributed by atoms with Crippen LogP contribution in [0.3, 0.4) is 0 Å². The van der Waals surface area contributed by atoms with Crippen LogP contribution in [0.15, 0.2) is 4.79 Å². The summed E-state index contributed by atoms with van der Waals surface area (Å²) >= 11 is 0. The molecule has 0 saturated carbocycles. The van der Waals surface area contributed by atoms with Crippen molar-refractivity contribution in [3.63, 3.8) is 0 Å². The Kier molecular flexibility index (Phi) is 2.74. The van der Waals surface area contributed by atoms with Crippen LogP contribution in [0.4, 0.5) is 0 Å². The molecule has 2 heterocycles. The summed E-state index contributed by atoms with van der Waals surface area (Å²) in [7, 11) is 0. The Labute approximate surface area is 101 Å². The molecule has 1 fully saturated rings. The highest BCUT2D eigenvalue weighted by molar-refractivity contribution is 5.22. The first-order valence-electron chi connectivity index (χ1n) is 6.59. The molecule has 17 heavy (non-hydrogen) atoms. The third kappa shape index (κ3) is 1.80. The van der Waals surface area contributed by atoms with Gasteiger partial charge in [-0.25, -0.2) is 4.98 Å². The maximum absolute atomic E-state index is 12.5. The molecule has 1 aliphatic carbocycles. The summed E-state index contributed by atoms with van der Waals surface area (Å²) < 4.78 is 1.92. The number of hydrogen-bond donors (Lipinski definition) is 1. The van der Waals surface area contributed by atoms with Crippen LogP contribution < -0.4 is 10.9 Å². The normalized spacial score (nSPS) is 23.7. The number of aromatic nitrogens is 2. The number of rotatable bonds is 1. The van der Waals surface area contributed by atoms with Crippen molar-refractivity contribution < 1.29 is 0 Å². The number of nitrogens with one attached hydrogen (secondary N) is 1. The largest absolute Gasteiger partial charge is 0.315 e. The summed E-state index contributed by atoms with van der Waals surface area (Å²) in [6.45, 7) is 3.88. The molecule has 1 aromatic heterocycles. The van der Waals surface area contributed by atoms with Gasteiger partial charge in [0.15, 0.2) is 0 Å². The van der Waals surface area contributed by atoms with E-state index < -0.39 is 0 Å². The Hall–Kier alpha value is -1.16. The van der Waals surface area contributed by atoms with Crippen molar-refractivity contribution in [1.82, 2.24) is 14.9 Å². The summed E-state index contributed by atoms with van der Waals surface area (Å²) in [4.78, 5) is 17.2. The average molecular weight is 233 g/mol. The molecule has 92 valence electrons. The second-order valence-corrected chi connectivity index (χ2v) is 5.11. The van der Waals surface area contributed by atoms with Crippen molar-refractivity contribution in [1.29, 1.82) is 0 Å². The van der Waals surface area contributed by atoms with Gasteiger partial charge in [-0.15, -0.1) is 0 Å². The van der Waals surface area contributed by atoms with Crippen LogP contribution in [0, 0.1) is 6.92 Å². The van der Waals surface area contributed by atoms with E-state index in [2.05, 4.69) is 10.3 Å². The summed E-state index contributed by atoms with van der Waals surface area (Å²) in [5, 5.41) is 3.32. The maximum Gasteiger partial charge on any atom is 0.257 e. The van der Waals surface area contributed by atoms with Crippen molar-refractivity contribution in [3.8, 4) is 0 Å². The molecule has 1 atom stereocenters. The van der Waals surface area contributed by atoms with Crippen LogP contribution in [0.1, 0.15) is 42.4 Å². The van der Waals surface area contributed by atoms with E-state index in [0.29, 0.717) is 6.04 Å². The molecule has 1 unspecified atom stereocenters. The molecule has 0 bridgehead atoms. The fourth-order valence-corrected chi connectivity index (χ4v) is 3.07. The molecule has 1 aliphatic heterocycles. The number of hydrogen-bond acceptors (Lipinski definition) is 3. The van der Waals surface area contributed by atoms with Gasteiger partial charge in [0.25, 0.3) is 5.56 Å². The third-order valence-electron chi connectivity index (χ3n) is 3.96. The number of fused-ring (bicyclic) bond motifs is 1. The second-order valence-electron chi connectivity index (χ2n) is 5.11. The van der Waals surface area contributed by atoms with E-state index in [0.717, 1.165) is 55.9 Å². The Morgan fingerprint density at radius 1 is 1.35 bits per heavy atom. The van der Waals surface area contributed by atoms with Gasteiger partial charge >= 0.3 is 0 Å². The molecule has 2 aliphatic rings. The van der Waals surface area contributed by atoms with Gasteiger partial charge < -0.3 is 5.32 Å². The standard InChI is InChI=1S/C13H19N3O/c1-9-15-12-5-3-2-4-11(12)13(17)16(9)10-6-7-14-8-10/h10,14H,2-8H2,1H3. The van der Waals surface area contributed by atoms with Crippen LogP contribution >= 0.6 is 0 Å². The second kappa shape index (κ2) is 4.26. The Bertz CT molecular complexity index is 486. The van der Waals surface area contributed by atoms with E-state index in [1.165, 1.54) is 6.42 Å². The molecule has 4 nitrogen and oxygen atoms in total. The SMILES string of the molecule is Cc1nc2c(c(=O)n1C1CCNC1)CCCC2. The van der Waals surface area contributed by atoms with Crippen LogP contribution in [-0.2, 0) is 12.8 Å². The lowest BCUT2D eigenvalue weighted by atomic mass is 9.97. The molecule has 0 amide bonds. The smallest absolute Gasteiger partial charge is 0.257 e. The highest BCUT2D eigenvalue weighted by Crippen LogP contribution is 2.20. The fourth-order valence-electron chi connectivity index (χ4n) is 3.07. The predicted molar refractivity (Wildman–Crippen MR) is 66.4 cm³/mol. The van der Waals surface area contributed by atoms with E-state index in [1.807, 2.05) is 11.5 Å². The Balaban J connectivity index is 2.11. The van der Waals surface area contributed by atoms with E-state index in [1.54, 1.807) is 0 Å². The molecular weight excluding hydrogens is 214 g/mol. The zero-order valence-electron chi connectivity index (χ0n) is 10.3. The Morgan fingerprint density at radius 2 is 2.18 bits per heavy atom. The van der Waals surface area contributed by atoms with Gasteiger partial charge in [-0.1, -0.05) is 0 Å². The van der Waals surface area contributed by atoms with Crippen molar-refractivity contribution >= 4 is 0 Å². The monoisotopic (exact) mass is 233 g/mol. The first kappa shape index (κ1) is 11.0. The average Bonchev–Trinajstić information content (AvgIpc) is 2.83. The summed E-state index contributed by atoms with van der Waals surface area (Å²) in [5.74, 6) is 0.893. The molecule has 3 rings (SSSR count). The zero-order chi connectivity index (χ0) is 11.8. The van der Waals surface area contributed by atoms with Gasteiger partial charge in [0.05, 0.1) is 11.7 Å². The highest BCUT2D eigenvalue weighted by Gasteiger charge is 2.23. The topological polar surface area (TPSA) is 46.9 Å². The third-order valence-corrected chi connectivity index (χ3v) is 3.96. The summed E-state index contributed by atoms with van der Waals surface area (Å²) in [6.07, 6.45) is 5.25. The molecule has 0 aromatic carbocycles. The van der Waals surface area contributed by atoms with E-state index >= 15 is 0 Å². The van der Waals surface area contributed by atoms with Gasteiger partial charge in [0, 0.05) is 12.1 Å². The lowest BCUT2D eigenvalue weighted by Gasteiger charge is -2.21. The Morgan fingerprint density at radius 3 is 2.94 bits per heavy atom. The minimum absolute atomic E-state index is 0.223. The molecule has 4 heteroatoms. The maximum atomic E-state index is 12.5. The van der Waals surface area contributed by atoms with Gasteiger partial charge in [-0.3, -0.25) is 9.36 Å². The van der Waals surface area contributed by atoms with E-state index in [4.69, 9.17) is 0 Å². The van der Waals surface area contributed by atoms with Gasteiger partial charge in [-0.2, -0.15) is 0 Å². The van der Waals surface area contributed by atoms with Crippen molar-refractivity contribution in [2.24, 2.45) is 0 Å². The van der Waals surface area contributed by atoms with Crippen molar-refractivity contribution in [2.75, 3.05) is 13.1 Å². The van der Waals surface area contributed by atoms with Gasteiger partial charge in [-0.05, 0) is 45.6 Å². The van der Waals surface area contributed by atoms with Crippen LogP contribution in [-0.4, -0.2) is 22.6 Å². The lowest BCUT2D eigenvalue weighted by Crippen LogP contribution is -2.34. The minimum Gasteiger partial charge on any atom is -0.315 e. The molecular formula is C13H19N3O. The van der Waals surface area contributed by atoms with E-state index in [-0.39, 0.29) is 5.56 Å². The van der Waals surface area contributed by atoms with Gasteiger partial charge in [0.1, 0.15) is 5.82 Å². The molecule has 0 radical (unpaired) electrons. The lowest BCUT2D eigenvalue weighted by molar-refractivity contribution is 0.490. The zero-order valence-corrected chi connectivity index (χ0v) is 10.3. The molecule has 1 aromatic rings. The quantitative estimate of drug-likeness (QED) is 0.786. The predicted octanol–water partition coefficient (Wildman–Crippen LogP) is 0.965. The minimum atomic E-state index is 0.223.